The Bertz CT molecular complexity index is 1810. The molecule has 4 rings (SSSR count). The van der Waals surface area contributed by atoms with Crippen LogP contribution in [0.2, 0.25) is 0 Å². The van der Waals surface area contributed by atoms with E-state index < -0.39 is 35.8 Å². The zero-order valence-corrected chi connectivity index (χ0v) is 28.8. The summed E-state index contributed by atoms with van der Waals surface area (Å²) in [6.45, 7) is 1.58. The molecule has 4 aromatic rings. The highest BCUT2D eigenvalue weighted by atomic mass is 16.2. The van der Waals surface area contributed by atoms with Crippen LogP contribution in [0.25, 0.3) is 10.9 Å². The Balaban J connectivity index is 1.66. The summed E-state index contributed by atoms with van der Waals surface area (Å²) in [6, 6.07) is 22.6. The molecule has 0 aliphatic heterocycles. The molecular formula is C38H44N6O6. The van der Waals surface area contributed by atoms with Gasteiger partial charge in [0.1, 0.15) is 18.1 Å². The van der Waals surface area contributed by atoms with E-state index in [0.717, 1.165) is 11.1 Å². The third-order valence-corrected chi connectivity index (χ3v) is 8.37. The lowest BCUT2D eigenvalue weighted by atomic mass is 10.0. The number of fused-ring (bicyclic) bond motifs is 1. The summed E-state index contributed by atoms with van der Waals surface area (Å²) < 4.78 is 1.40. The van der Waals surface area contributed by atoms with Gasteiger partial charge in [0.15, 0.2) is 0 Å². The molecular weight excluding hydrogens is 636 g/mol. The molecule has 0 spiro atoms. The molecule has 50 heavy (non-hydrogen) atoms. The van der Waals surface area contributed by atoms with Gasteiger partial charge in [-0.2, -0.15) is 0 Å². The first kappa shape index (κ1) is 37.0. The minimum Gasteiger partial charge on any atom is -0.349 e. The molecule has 5 amide bonds. The zero-order valence-electron chi connectivity index (χ0n) is 28.8. The highest BCUT2D eigenvalue weighted by molar-refractivity contribution is 5.95. The second-order valence-corrected chi connectivity index (χ2v) is 12.5. The van der Waals surface area contributed by atoms with Gasteiger partial charge in [-0.05, 0) is 29.2 Å². The number of benzene rings is 3. The quantitative estimate of drug-likeness (QED) is 0.155. The highest BCUT2D eigenvalue weighted by Crippen LogP contribution is 2.22. The predicted octanol–water partition coefficient (Wildman–Crippen LogP) is 2.47. The van der Waals surface area contributed by atoms with Crippen molar-refractivity contribution in [2.75, 3.05) is 21.1 Å². The largest absolute Gasteiger partial charge is 0.349 e. The number of aromatic nitrogens is 1. The minimum absolute atomic E-state index is 0.000609. The van der Waals surface area contributed by atoms with Crippen molar-refractivity contribution >= 4 is 46.8 Å². The third-order valence-electron chi connectivity index (χ3n) is 8.37. The fourth-order valence-corrected chi connectivity index (χ4v) is 5.76. The molecule has 262 valence electrons. The van der Waals surface area contributed by atoms with E-state index in [1.807, 2.05) is 66.7 Å². The molecule has 0 bridgehead atoms. The van der Waals surface area contributed by atoms with E-state index in [4.69, 9.17) is 0 Å². The molecule has 0 saturated carbocycles. The number of nitrogens with one attached hydrogen (secondary N) is 3. The Morgan fingerprint density at radius 3 is 1.92 bits per heavy atom. The summed E-state index contributed by atoms with van der Waals surface area (Å²) in [5.41, 5.74) is 2.98. The molecule has 0 radical (unpaired) electrons. The fourth-order valence-electron chi connectivity index (χ4n) is 5.76. The van der Waals surface area contributed by atoms with E-state index in [2.05, 4.69) is 16.0 Å². The summed E-state index contributed by atoms with van der Waals surface area (Å²) in [7, 11) is 4.85. The number of rotatable bonds is 16. The Kier molecular flexibility index (Phi) is 13.0. The van der Waals surface area contributed by atoms with Crippen molar-refractivity contribution in [2.24, 2.45) is 0 Å². The number of amides is 5. The topological polar surface area (TPSA) is 150 Å². The molecule has 3 atom stereocenters. The van der Waals surface area contributed by atoms with Crippen LogP contribution in [0, 0.1) is 0 Å². The van der Waals surface area contributed by atoms with Gasteiger partial charge in [0, 0.05) is 65.5 Å². The minimum atomic E-state index is -1.22. The summed E-state index contributed by atoms with van der Waals surface area (Å²) in [5.74, 6) is -2.33. The van der Waals surface area contributed by atoms with Crippen LogP contribution in [0.4, 0.5) is 0 Å². The van der Waals surface area contributed by atoms with E-state index >= 15 is 0 Å². The van der Waals surface area contributed by atoms with Gasteiger partial charge < -0.3 is 25.8 Å². The average molecular weight is 681 g/mol. The van der Waals surface area contributed by atoms with Gasteiger partial charge in [0.05, 0.1) is 5.52 Å². The molecule has 0 saturated heterocycles. The summed E-state index contributed by atoms with van der Waals surface area (Å²) in [4.78, 5) is 81.2. The lowest BCUT2D eigenvalue weighted by Crippen LogP contribution is -2.57. The molecule has 1 unspecified atom stereocenters. The van der Waals surface area contributed by atoms with Crippen molar-refractivity contribution in [3.8, 4) is 0 Å². The molecule has 0 aliphatic carbocycles. The SMILES string of the molecule is CC(=O)NC(CCC(=O)N(C)C)C(=O)N[C@H](Cc1cn(C=O)c2ccccc12)C(=O)N[C@@H](Cc1ccccc1)C(=O)N(C)Cc1ccccc1. The van der Waals surface area contributed by atoms with Gasteiger partial charge in [-0.25, -0.2) is 0 Å². The Labute approximate surface area is 291 Å². The maximum atomic E-state index is 14.3. The first-order chi connectivity index (χ1) is 24.0. The Morgan fingerprint density at radius 1 is 0.720 bits per heavy atom. The van der Waals surface area contributed by atoms with Crippen LogP contribution in [0.1, 0.15) is 36.5 Å². The fraction of sp³-hybridized carbons (Fsp3) is 0.316. The van der Waals surface area contributed by atoms with Crippen molar-refractivity contribution in [3.05, 3.63) is 108 Å². The summed E-state index contributed by atoms with van der Waals surface area (Å²) >= 11 is 0. The lowest BCUT2D eigenvalue weighted by Gasteiger charge is -2.28. The van der Waals surface area contributed by atoms with Crippen molar-refractivity contribution in [2.45, 2.75) is 57.3 Å². The number of nitrogens with zero attached hydrogens (tertiary/aromatic N) is 3. The number of hydrogen-bond donors (Lipinski definition) is 3. The van der Waals surface area contributed by atoms with Crippen LogP contribution in [0.15, 0.2) is 91.1 Å². The van der Waals surface area contributed by atoms with E-state index in [9.17, 15) is 28.8 Å². The van der Waals surface area contributed by atoms with Gasteiger partial charge in [0.2, 0.25) is 35.9 Å². The normalized spacial score (nSPS) is 12.6. The molecule has 12 heteroatoms. The van der Waals surface area contributed by atoms with Crippen LogP contribution in [0.3, 0.4) is 0 Å². The zero-order chi connectivity index (χ0) is 36.2. The molecule has 0 fully saturated rings. The molecule has 3 N–H and O–H groups in total. The van der Waals surface area contributed by atoms with E-state index in [0.29, 0.717) is 29.4 Å². The predicted molar refractivity (Wildman–Crippen MR) is 190 cm³/mol. The van der Waals surface area contributed by atoms with Gasteiger partial charge >= 0.3 is 0 Å². The second kappa shape index (κ2) is 17.6. The summed E-state index contributed by atoms with van der Waals surface area (Å²) in [5, 5.41) is 8.98. The number of likely N-dealkylation sites (N-methyl/N-ethyl adjacent to an activating group) is 1. The van der Waals surface area contributed by atoms with Gasteiger partial charge in [-0.1, -0.05) is 78.9 Å². The second-order valence-electron chi connectivity index (χ2n) is 12.5. The van der Waals surface area contributed by atoms with Gasteiger partial charge in [-0.3, -0.25) is 33.3 Å². The molecule has 12 nitrogen and oxygen atoms in total. The molecule has 3 aromatic carbocycles. The van der Waals surface area contributed by atoms with Crippen molar-refractivity contribution in [1.29, 1.82) is 0 Å². The average Bonchev–Trinajstić information content (AvgIpc) is 3.46. The molecule has 1 aromatic heterocycles. The van der Waals surface area contributed by atoms with Crippen LogP contribution in [0.5, 0.6) is 0 Å². The Hall–Kier alpha value is -5.78. The van der Waals surface area contributed by atoms with Crippen LogP contribution in [-0.2, 0) is 48.2 Å². The highest BCUT2D eigenvalue weighted by Gasteiger charge is 2.32. The van der Waals surface area contributed by atoms with Gasteiger partial charge in [-0.15, -0.1) is 0 Å². The number of hydrogen-bond acceptors (Lipinski definition) is 6. The van der Waals surface area contributed by atoms with E-state index in [1.54, 1.807) is 50.4 Å². The summed E-state index contributed by atoms with van der Waals surface area (Å²) in [6.07, 6.45) is 2.40. The van der Waals surface area contributed by atoms with Crippen LogP contribution >= 0.6 is 0 Å². The first-order valence-electron chi connectivity index (χ1n) is 16.4. The van der Waals surface area contributed by atoms with Crippen LogP contribution < -0.4 is 16.0 Å². The number of carbonyl (C=O) groups is 6. The van der Waals surface area contributed by atoms with Crippen molar-refractivity contribution < 1.29 is 28.8 Å². The van der Waals surface area contributed by atoms with E-state index in [-0.39, 0.29) is 37.5 Å². The maximum absolute atomic E-state index is 14.3. The maximum Gasteiger partial charge on any atom is 0.245 e. The number of para-hydroxylation sites is 1. The van der Waals surface area contributed by atoms with E-state index in [1.165, 1.54) is 16.4 Å². The van der Waals surface area contributed by atoms with Crippen molar-refractivity contribution in [3.63, 3.8) is 0 Å². The molecule has 0 aliphatic rings. The standard InChI is InChI=1S/C38H44N6O6/c1-26(46)39-31(19-20-35(47)42(2)3)36(48)40-32(22-29-24-44(25-45)34-18-12-11-17-30(29)34)37(49)41-33(21-27-13-7-5-8-14-27)38(50)43(4)23-28-15-9-6-10-16-28/h5-18,24-25,31-33H,19-23H2,1-4H3,(H,39,46)(H,40,48)(H,41,49)/t31?,32-,33+/m1/s1. The lowest BCUT2D eigenvalue weighted by molar-refractivity contribution is -0.137. The molecule has 1 heterocycles. The Morgan fingerprint density at radius 2 is 1.30 bits per heavy atom. The van der Waals surface area contributed by atoms with Gasteiger partial charge in [0.25, 0.3) is 0 Å². The number of carbonyl (C=O) groups excluding carboxylic acids is 6. The smallest absolute Gasteiger partial charge is 0.245 e. The van der Waals surface area contributed by atoms with Crippen LogP contribution in [-0.4, -0.2) is 89.6 Å². The third kappa shape index (κ3) is 10.1. The monoisotopic (exact) mass is 680 g/mol. The first-order valence-corrected chi connectivity index (χ1v) is 16.4. The van der Waals surface area contributed by atoms with Crippen molar-refractivity contribution in [1.82, 2.24) is 30.3 Å².